The van der Waals surface area contributed by atoms with Crippen LogP contribution in [0.1, 0.15) is 37.4 Å². The molecule has 1 N–H and O–H groups in total. The molecule has 3 aromatic heterocycles. The highest BCUT2D eigenvalue weighted by molar-refractivity contribution is 6.45. The van der Waals surface area contributed by atoms with Crippen LogP contribution in [0.25, 0.3) is 16.6 Å². The summed E-state index contributed by atoms with van der Waals surface area (Å²) in [5.41, 5.74) is 1.56. The lowest BCUT2D eigenvalue weighted by molar-refractivity contribution is -0.130. The predicted octanol–water partition coefficient (Wildman–Crippen LogP) is 3.62. The van der Waals surface area contributed by atoms with Crippen LogP contribution in [0.3, 0.4) is 0 Å². The molecule has 0 bridgehead atoms. The predicted molar refractivity (Wildman–Crippen MR) is 132 cm³/mol. The molecule has 5 heterocycles. The van der Waals surface area contributed by atoms with Gasteiger partial charge in [0.15, 0.2) is 5.82 Å². The minimum Gasteiger partial charge on any atom is -0.353 e. The van der Waals surface area contributed by atoms with Crippen molar-refractivity contribution in [1.82, 2.24) is 40.1 Å². The second kappa shape index (κ2) is 9.09. The van der Waals surface area contributed by atoms with E-state index >= 15 is 0 Å². The number of anilines is 1. The molecule has 2 fully saturated rings. The van der Waals surface area contributed by atoms with Crippen LogP contribution in [0.5, 0.6) is 0 Å². The van der Waals surface area contributed by atoms with E-state index in [-0.39, 0.29) is 17.9 Å². The molecular formula is C23H23Cl2N9O. The molecule has 12 heteroatoms. The number of carbonyl (C=O) groups excluding carboxylic acids is 1. The number of benzene rings is 1. The zero-order valence-corrected chi connectivity index (χ0v) is 20.3. The van der Waals surface area contributed by atoms with E-state index in [9.17, 15) is 4.79 Å². The molecule has 2 atom stereocenters. The fourth-order valence-electron chi connectivity index (χ4n) is 5.19. The molecule has 4 aromatic rings. The van der Waals surface area contributed by atoms with Crippen LogP contribution in [0, 0.1) is 0 Å². The van der Waals surface area contributed by atoms with Gasteiger partial charge in [0.1, 0.15) is 5.82 Å². The molecule has 6 rings (SSSR count). The summed E-state index contributed by atoms with van der Waals surface area (Å²) in [6.07, 6.45) is 8.57. The highest BCUT2D eigenvalue weighted by Crippen LogP contribution is 2.37. The van der Waals surface area contributed by atoms with Gasteiger partial charge in [0.25, 0.3) is 0 Å². The van der Waals surface area contributed by atoms with E-state index in [0.29, 0.717) is 40.9 Å². The Balaban J connectivity index is 1.28. The Morgan fingerprint density at radius 1 is 1.20 bits per heavy atom. The second-order valence-electron chi connectivity index (χ2n) is 9.02. The molecule has 2 saturated heterocycles. The van der Waals surface area contributed by atoms with Gasteiger partial charge in [0.2, 0.25) is 5.91 Å². The molecule has 0 saturated carbocycles. The summed E-state index contributed by atoms with van der Waals surface area (Å²) in [6, 6.07) is 5.81. The van der Waals surface area contributed by atoms with Crippen LogP contribution in [0.2, 0.25) is 10.0 Å². The van der Waals surface area contributed by atoms with Crippen molar-refractivity contribution in [1.29, 1.82) is 0 Å². The molecule has 180 valence electrons. The number of carbonyl (C=O) groups is 1. The lowest BCUT2D eigenvalue weighted by Crippen LogP contribution is -2.37. The lowest BCUT2D eigenvalue weighted by atomic mass is 10.1. The number of hydrogen-bond donors (Lipinski definition) is 1. The lowest BCUT2D eigenvalue weighted by Gasteiger charge is -2.28. The number of rotatable bonds is 5. The maximum atomic E-state index is 13.2. The highest BCUT2D eigenvalue weighted by Gasteiger charge is 2.34. The topological polar surface area (TPSA) is 109 Å². The molecule has 0 spiro atoms. The maximum absolute atomic E-state index is 13.2. The summed E-state index contributed by atoms with van der Waals surface area (Å²) in [6.45, 7) is 2.15. The Labute approximate surface area is 211 Å². The van der Waals surface area contributed by atoms with Crippen LogP contribution in [-0.2, 0) is 4.79 Å². The van der Waals surface area contributed by atoms with Gasteiger partial charge in [-0.1, -0.05) is 28.4 Å². The minimum absolute atomic E-state index is 0.0604. The Morgan fingerprint density at radius 3 is 2.91 bits per heavy atom. The number of amides is 1. The van der Waals surface area contributed by atoms with Gasteiger partial charge >= 0.3 is 0 Å². The van der Waals surface area contributed by atoms with Gasteiger partial charge in [0.05, 0.1) is 27.6 Å². The molecule has 1 aromatic carbocycles. The molecule has 35 heavy (non-hydrogen) atoms. The molecule has 1 unspecified atom stereocenters. The molecule has 2 aliphatic rings. The molecule has 10 nitrogen and oxygen atoms in total. The van der Waals surface area contributed by atoms with Crippen molar-refractivity contribution in [3.63, 3.8) is 0 Å². The quantitative estimate of drug-likeness (QED) is 0.435. The van der Waals surface area contributed by atoms with Crippen molar-refractivity contribution in [2.75, 3.05) is 24.5 Å². The first-order valence-corrected chi connectivity index (χ1v) is 12.4. The SMILES string of the molecule is O=C(C[C@@H]1CCCN1c1cc(-n2ccnc2)c2ccc(Cl)c(Cl)c2n1)N1CCC(c2nn[nH]n2)C1. The van der Waals surface area contributed by atoms with E-state index in [1.807, 2.05) is 27.8 Å². The average molecular weight is 512 g/mol. The number of H-pyrrole nitrogens is 1. The number of tetrazole rings is 1. The van der Waals surface area contributed by atoms with Gasteiger partial charge in [-0.3, -0.25) is 4.79 Å². The number of aromatic nitrogens is 7. The zero-order chi connectivity index (χ0) is 23.9. The smallest absolute Gasteiger partial charge is 0.224 e. The summed E-state index contributed by atoms with van der Waals surface area (Å²) >= 11 is 12.9. The summed E-state index contributed by atoms with van der Waals surface area (Å²) in [7, 11) is 0. The van der Waals surface area contributed by atoms with Crippen molar-refractivity contribution in [3.8, 4) is 5.69 Å². The van der Waals surface area contributed by atoms with Crippen molar-refractivity contribution < 1.29 is 4.79 Å². The molecule has 1 amide bonds. The monoisotopic (exact) mass is 511 g/mol. The van der Waals surface area contributed by atoms with E-state index in [1.165, 1.54) is 0 Å². The zero-order valence-electron chi connectivity index (χ0n) is 18.8. The van der Waals surface area contributed by atoms with E-state index in [0.717, 1.165) is 42.7 Å². The number of hydrogen-bond acceptors (Lipinski definition) is 7. The number of imidazole rings is 1. The van der Waals surface area contributed by atoms with E-state index in [2.05, 4.69) is 30.5 Å². The number of fused-ring (bicyclic) bond motifs is 1. The normalized spacial score (nSPS) is 20.3. The fourth-order valence-corrected chi connectivity index (χ4v) is 5.54. The largest absolute Gasteiger partial charge is 0.353 e. The molecular weight excluding hydrogens is 489 g/mol. The van der Waals surface area contributed by atoms with Gasteiger partial charge in [-0.15, -0.1) is 10.2 Å². The highest BCUT2D eigenvalue weighted by atomic mass is 35.5. The van der Waals surface area contributed by atoms with Crippen molar-refractivity contribution >= 4 is 45.8 Å². The van der Waals surface area contributed by atoms with Gasteiger partial charge in [-0.05, 0) is 31.4 Å². The third kappa shape index (κ3) is 4.10. The van der Waals surface area contributed by atoms with Crippen LogP contribution >= 0.6 is 23.2 Å². The molecule has 0 aliphatic carbocycles. The first kappa shape index (κ1) is 22.2. The number of likely N-dealkylation sites (tertiary alicyclic amines) is 1. The number of pyridine rings is 1. The van der Waals surface area contributed by atoms with Gasteiger partial charge in [-0.25, -0.2) is 9.97 Å². The van der Waals surface area contributed by atoms with Crippen molar-refractivity contribution in [3.05, 3.63) is 52.8 Å². The number of halogens is 2. The molecule has 0 radical (unpaired) electrons. The van der Waals surface area contributed by atoms with Crippen LogP contribution in [0.4, 0.5) is 5.82 Å². The summed E-state index contributed by atoms with van der Waals surface area (Å²) < 4.78 is 1.94. The Hall–Kier alpha value is -3.24. The number of nitrogens with one attached hydrogen (secondary N) is 1. The van der Waals surface area contributed by atoms with E-state index in [4.69, 9.17) is 28.2 Å². The van der Waals surface area contributed by atoms with Crippen LogP contribution in [0.15, 0.2) is 36.9 Å². The first-order chi connectivity index (χ1) is 17.1. The number of aromatic amines is 1. The van der Waals surface area contributed by atoms with Gasteiger partial charge < -0.3 is 14.4 Å². The fraction of sp³-hybridized carbons (Fsp3) is 0.391. The van der Waals surface area contributed by atoms with Crippen molar-refractivity contribution in [2.45, 2.75) is 37.6 Å². The standard InChI is InChI=1S/C23H23Cl2N9O/c24-17-4-3-16-18(33-9-6-26-13-33)11-19(27-22(16)21(17)25)34-7-1-2-15(34)10-20(35)32-8-5-14(12-32)23-28-30-31-29-23/h3-4,6,9,11,13-15H,1-2,5,7-8,10,12H2,(H,28,29,30,31)/t14?,15-/m0/s1. The molecule has 2 aliphatic heterocycles. The summed E-state index contributed by atoms with van der Waals surface area (Å²) in [5, 5.41) is 16.1. The Bertz CT molecular complexity index is 1360. The van der Waals surface area contributed by atoms with Crippen molar-refractivity contribution in [2.24, 2.45) is 0 Å². The summed E-state index contributed by atoms with van der Waals surface area (Å²) in [4.78, 5) is 26.5. The third-order valence-corrected chi connectivity index (χ3v) is 7.76. The number of nitrogens with zero attached hydrogens (tertiary/aromatic N) is 8. The van der Waals surface area contributed by atoms with E-state index < -0.39 is 0 Å². The van der Waals surface area contributed by atoms with Gasteiger partial charge in [-0.2, -0.15) is 5.21 Å². The Kier molecular flexibility index (Phi) is 5.77. The van der Waals surface area contributed by atoms with Crippen LogP contribution in [-0.4, -0.2) is 71.6 Å². The average Bonchev–Trinajstić information content (AvgIpc) is 3.68. The Morgan fingerprint density at radius 2 is 2.11 bits per heavy atom. The third-order valence-electron chi connectivity index (χ3n) is 6.97. The maximum Gasteiger partial charge on any atom is 0.224 e. The van der Waals surface area contributed by atoms with Crippen LogP contribution < -0.4 is 4.90 Å². The van der Waals surface area contributed by atoms with Gasteiger partial charge in [0, 0.05) is 61.9 Å². The minimum atomic E-state index is 0.0604. The summed E-state index contributed by atoms with van der Waals surface area (Å²) in [5.74, 6) is 1.73. The second-order valence-corrected chi connectivity index (χ2v) is 9.80. The van der Waals surface area contributed by atoms with E-state index in [1.54, 1.807) is 18.6 Å². The first-order valence-electron chi connectivity index (χ1n) is 11.6.